The molecule has 2 aliphatic heterocycles. The van der Waals surface area contributed by atoms with Crippen LogP contribution in [0.25, 0.3) is 0 Å². The van der Waals surface area contributed by atoms with Crippen molar-refractivity contribution in [1.29, 1.82) is 5.26 Å². The molecule has 2 bridgehead atoms. The maximum atomic E-state index is 8.89. The van der Waals surface area contributed by atoms with E-state index in [9.17, 15) is 0 Å². The van der Waals surface area contributed by atoms with Crippen LogP contribution in [-0.4, -0.2) is 49.6 Å². The zero-order valence-electron chi connectivity index (χ0n) is 8.72. The Morgan fingerprint density at radius 2 is 2.07 bits per heavy atom. The molecule has 15 heavy (non-hydrogen) atoms. The first-order valence-corrected chi connectivity index (χ1v) is 5.39. The van der Waals surface area contributed by atoms with Gasteiger partial charge in [0.1, 0.15) is 0 Å². The Morgan fingerprint density at radius 1 is 1.40 bits per heavy atom. The van der Waals surface area contributed by atoms with Crippen LogP contribution < -0.4 is 5.32 Å². The summed E-state index contributed by atoms with van der Waals surface area (Å²) in [6.07, 6.45) is 2.22. The topological polar surface area (TPSA) is 68.5 Å². The fraction of sp³-hybridized carbons (Fsp3) is 0.900. The standard InChI is InChI=1S/C10H17N3O2/c11-6-13-2-8-4-15-5-9(3-13)10(8)1-12-7-14/h8-10,12,14H,1-5,7H2. The van der Waals surface area contributed by atoms with Crippen molar-refractivity contribution in [2.24, 2.45) is 17.8 Å². The number of hydrogen-bond donors (Lipinski definition) is 2. The number of nitrogens with one attached hydrogen (secondary N) is 1. The molecular formula is C10H17N3O2. The van der Waals surface area contributed by atoms with E-state index in [1.807, 2.05) is 4.90 Å². The highest BCUT2D eigenvalue weighted by atomic mass is 16.5. The van der Waals surface area contributed by atoms with Gasteiger partial charge in [-0.15, -0.1) is 0 Å². The average Bonchev–Trinajstić information content (AvgIpc) is 2.25. The van der Waals surface area contributed by atoms with Crippen LogP contribution in [-0.2, 0) is 4.74 Å². The maximum absolute atomic E-state index is 8.89. The third kappa shape index (κ3) is 2.23. The molecule has 2 aliphatic rings. The molecule has 84 valence electrons. The van der Waals surface area contributed by atoms with E-state index >= 15 is 0 Å². The van der Waals surface area contributed by atoms with Crippen molar-refractivity contribution < 1.29 is 9.84 Å². The monoisotopic (exact) mass is 211 g/mol. The van der Waals surface area contributed by atoms with Gasteiger partial charge in [-0.1, -0.05) is 0 Å². The van der Waals surface area contributed by atoms with Gasteiger partial charge in [-0.25, -0.2) is 0 Å². The number of piperidine rings is 1. The SMILES string of the molecule is N#CN1CC2COCC(C1)C2CNCO. The van der Waals surface area contributed by atoms with E-state index in [1.54, 1.807) is 0 Å². The Bertz CT molecular complexity index is 240. The van der Waals surface area contributed by atoms with Crippen LogP contribution in [0.5, 0.6) is 0 Å². The Hall–Kier alpha value is -0.830. The molecule has 2 unspecified atom stereocenters. The zero-order valence-corrected chi connectivity index (χ0v) is 8.72. The van der Waals surface area contributed by atoms with E-state index in [2.05, 4.69) is 11.5 Å². The molecule has 5 heteroatoms. The molecule has 0 amide bonds. The highest BCUT2D eigenvalue weighted by molar-refractivity contribution is 4.94. The summed E-state index contributed by atoms with van der Waals surface area (Å²) in [4.78, 5) is 1.83. The van der Waals surface area contributed by atoms with E-state index in [0.29, 0.717) is 17.8 Å². The number of aliphatic hydroxyl groups is 1. The lowest BCUT2D eigenvalue weighted by Crippen LogP contribution is -2.53. The number of hydrogen-bond acceptors (Lipinski definition) is 5. The van der Waals surface area contributed by atoms with Crippen molar-refractivity contribution in [1.82, 2.24) is 10.2 Å². The van der Waals surface area contributed by atoms with E-state index in [4.69, 9.17) is 15.1 Å². The number of aliphatic hydroxyl groups excluding tert-OH is 1. The van der Waals surface area contributed by atoms with Crippen molar-refractivity contribution in [2.45, 2.75) is 0 Å². The number of nitrogens with zero attached hydrogens (tertiary/aromatic N) is 2. The van der Waals surface area contributed by atoms with Crippen LogP contribution in [0.3, 0.4) is 0 Å². The molecule has 2 N–H and O–H groups in total. The Balaban J connectivity index is 1.97. The van der Waals surface area contributed by atoms with Gasteiger partial charge in [0.15, 0.2) is 6.19 Å². The summed E-state index contributed by atoms with van der Waals surface area (Å²) in [7, 11) is 0. The Morgan fingerprint density at radius 3 is 2.60 bits per heavy atom. The first-order chi connectivity index (χ1) is 7.35. The first kappa shape index (κ1) is 10.7. The van der Waals surface area contributed by atoms with Crippen molar-refractivity contribution in [3.63, 3.8) is 0 Å². The van der Waals surface area contributed by atoms with Gasteiger partial charge in [-0.3, -0.25) is 5.32 Å². The molecule has 2 atom stereocenters. The molecule has 0 radical (unpaired) electrons. The third-order valence-corrected chi connectivity index (χ3v) is 3.42. The Labute approximate surface area is 89.6 Å². The van der Waals surface area contributed by atoms with Crippen molar-refractivity contribution >= 4 is 0 Å². The molecular weight excluding hydrogens is 194 g/mol. The summed E-state index contributed by atoms with van der Waals surface area (Å²) in [5.74, 6) is 1.39. The first-order valence-electron chi connectivity index (χ1n) is 5.39. The van der Waals surface area contributed by atoms with Gasteiger partial charge in [0.05, 0.1) is 19.9 Å². The summed E-state index contributed by atoms with van der Waals surface area (Å²) in [6.45, 7) is 3.93. The van der Waals surface area contributed by atoms with Gasteiger partial charge in [-0.05, 0) is 5.92 Å². The third-order valence-electron chi connectivity index (χ3n) is 3.42. The second-order valence-electron chi connectivity index (χ2n) is 4.34. The minimum atomic E-state index is 0.0265. The summed E-state index contributed by atoms with van der Waals surface area (Å²) in [5.41, 5.74) is 0. The molecule has 5 nitrogen and oxygen atoms in total. The number of likely N-dealkylation sites (tertiary alicyclic amines) is 1. The predicted octanol–water partition coefficient (Wildman–Crippen LogP) is -0.799. The Kier molecular flexibility index (Phi) is 3.41. The van der Waals surface area contributed by atoms with Gasteiger partial charge >= 0.3 is 0 Å². The number of rotatable bonds is 3. The van der Waals surface area contributed by atoms with E-state index in [1.165, 1.54) is 0 Å². The molecule has 2 fully saturated rings. The molecule has 2 rings (SSSR count). The molecule has 0 saturated carbocycles. The van der Waals surface area contributed by atoms with Gasteiger partial charge in [0, 0.05) is 31.5 Å². The quantitative estimate of drug-likeness (QED) is 0.472. The largest absolute Gasteiger partial charge is 0.381 e. The van der Waals surface area contributed by atoms with Gasteiger partial charge in [-0.2, -0.15) is 5.26 Å². The van der Waals surface area contributed by atoms with Gasteiger partial charge in [0.2, 0.25) is 0 Å². The van der Waals surface area contributed by atoms with Crippen LogP contribution in [0.4, 0.5) is 0 Å². The van der Waals surface area contributed by atoms with E-state index < -0.39 is 0 Å². The normalized spacial score (nSPS) is 34.9. The molecule has 0 aromatic rings. The maximum Gasteiger partial charge on any atom is 0.179 e. The number of nitriles is 1. The summed E-state index contributed by atoms with van der Waals surface area (Å²) in [6, 6.07) is 0. The molecule has 2 saturated heterocycles. The molecule has 0 aromatic heterocycles. The van der Waals surface area contributed by atoms with Crippen LogP contribution in [0.1, 0.15) is 0 Å². The molecule has 0 aliphatic carbocycles. The lowest BCUT2D eigenvalue weighted by Gasteiger charge is -2.45. The minimum Gasteiger partial charge on any atom is -0.381 e. The number of fused-ring (bicyclic) bond motifs is 2. The van der Waals surface area contributed by atoms with E-state index in [0.717, 1.165) is 32.8 Å². The smallest absolute Gasteiger partial charge is 0.179 e. The van der Waals surface area contributed by atoms with Crippen molar-refractivity contribution in [3.05, 3.63) is 0 Å². The molecule has 2 heterocycles. The molecule has 0 aromatic carbocycles. The highest BCUT2D eigenvalue weighted by Crippen LogP contribution is 2.32. The fourth-order valence-corrected chi connectivity index (χ4v) is 2.67. The summed E-state index contributed by atoms with van der Waals surface area (Å²) < 4.78 is 5.51. The predicted molar refractivity (Wildman–Crippen MR) is 53.6 cm³/mol. The summed E-state index contributed by atoms with van der Waals surface area (Å²) in [5, 5.41) is 20.6. The second-order valence-corrected chi connectivity index (χ2v) is 4.34. The van der Waals surface area contributed by atoms with Gasteiger partial charge in [0.25, 0.3) is 0 Å². The van der Waals surface area contributed by atoms with Crippen LogP contribution >= 0.6 is 0 Å². The summed E-state index contributed by atoms with van der Waals surface area (Å²) >= 11 is 0. The molecule has 0 spiro atoms. The van der Waals surface area contributed by atoms with Crippen LogP contribution in [0.2, 0.25) is 0 Å². The highest BCUT2D eigenvalue weighted by Gasteiger charge is 2.39. The van der Waals surface area contributed by atoms with E-state index in [-0.39, 0.29) is 6.73 Å². The fourth-order valence-electron chi connectivity index (χ4n) is 2.67. The zero-order chi connectivity index (χ0) is 10.7. The van der Waals surface area contributed by atoms with Gasteiger partial charge < -0.3 is 14.7 Å². The van der Waals surface area contributed by atoms with Crippen LogP contribution in [0, 0.1) is 29.2 Å². The lowest BCUT2D eigenvalue weighted by molar-refractivity contribution is -0.0711. The van der Waals surface area contributed by atoms with Crippen molar-refractivity contribution in [2.75, 3.05) is 39.6 Å². The average molecular weight is 211 g/mol. The lowest BCUT2D eigenvalue weighted by atomic mass is 9.76. The second kappa shape index (κ2) is 4.79. The minimum absolute atomic E-state index is 0.0265. The van der Waals surface area contributed by atoms with Crippen molar-refractivity contribution in [3.8, 4) is 6.19 Å². The van der Waals surface area contributed by atoms with Crippen LogP contribution in [0.15, 0.2) is 0 Å². The number of ether oxygens (including phenoxy) is 1.